The van der Waals surface area contributed by atoms with Gasteiger partial charge in [-0.05, 0) is 25.5 Å². The molecule has 0 N–H and O–H groups in total. The Balaban J connectivity index is 1.64. The van der Waals surface area contributed by atoms with Crippen molar-refractivity contribution in [3.8, 4) is 5.88 Å². The van der Waals surface area contributed by atoms with Gasteiger partial charge < -0.3 is 4.74 Å². The second-order valence-electron chi connectivity index (χ2n) is 5.53. The Morgan fingerprint density at radius 1 is 1.27 bits per heavy atom. The lowest BCUT2D eigenvalue weighted by Crippen LogP contribution is -2.28. The molecule has 2 aromatic rings. The smallest absolute Gasteiger partial charge is 0.213 e. The fourth-order valence-corrected chi connectivity index (χ4v) is 2.83. The van der Waals surface area contributed by atoms with E-state index in [0.29, 0.717) is 18.0 Å². The number of halogens is 2. The SMILES string of the molecule is C[C@H](c1ccc(F)cc1F)N1CC[C@H](Oc2ccccn2)C1. The molecule has 0 radical (unpaired) electrons. The minimum atomic E-state index is -0.550. The third kappa shape index (κ3) is 3.25. The number of nitrogens with zero attached hydrogens (tertiary/aromatic N) is 2. The van der Waals surface area contributed by atoms with Crippen molar-refractivity contribution in [2.75, 3.05) is 13.1 Å². The van der Waals surface area contributed by atoms with Crippen molar-refractivity contribution in [1.29, 1.82) is 0 Å². The lowest BCUT2D eigenvalue weighted by Gasteiger charge is -2.25. The summed E-state index contributed by atoms with van der Waals surface area (Å²) in [7, 11) is 0. The van der Waals surface area contributed by atoms with Gasteiger partial charge in [0.25, 0.3) is 0 Å². The molecule has 2 heterocycles. The quantitative estimate of drug-likeness (QED) is 0.863. The first kappa shape index (κ1) is 14.9. The van der Waals surface area contributed by atoms with Crippen molar-refractivity contribution in [2.24, 2.45) is 0 Å². The zero-order chi connectivity index (χ0) is 15.5. The summed E-state index contributed by atoms with van der Waals surface area (Å²) in [6, 6.07) is 9.18. The molecule has 5 heteroatoms. The lowest BCUT2D eigenvalue weighted by atomic mass is 10.1. The van der Waals surface area contributed by atoms with E-state index < -0.39 is 11.6 Å². The maximum absolute atomic E-state index is 13.9. The topological polar surface area (TPSA) is 25.4 Å². The first-order chi connectivity index (χ1) is 10.6. The molecule has 0 saturated carbocycles. The number of likely N-dealkylation sites (tertiary alicyclic amines) is 1. The van der Waals surface area contributed by atoms with Gasteiger partial charge in [-0.25, -0.2) is 13.8 Å². The van der Waals surface area contributed by atoms with E-state index in [2.05, 4.69) is 9.88 Å². The fraction of sp³-hybridized carbons (Fsp3) is 0.353. The molecule has 1 fully saturated rings. The highest BCUT2D eigenvalue weighted by molar-refractivity contribution is 5.22. The molecule has 0 bridgehead atoms. The predicted molar refractivity (Wildman–Crippen MR) is 79.6 cm³/mol. The second kappa shape index (κ2) is 6.40. The number of hydrogen-bond donors (Lipinski definition) is 0. The molecule has 1 aromatic carbocycles. The van der Waals surface area contributed by atoms with Gasteiger partial charge in [0.05, 0.1) is 0 Å². The van der Waals surface area contributed by atoms with Gasteiger partial charge in [-0.2, -0.15) is 0 Å². The molecule has 0 unspecified atom stereocenters. The molecule has 1 saturated heterocycles. The Morgan fingerprint density at radius 3 is 2.86 bits per heavy atom. The Hall–Kier alpha value is -2.01. The zero-order valence-corrected chi connectivity index (χ0v) is 12.4. The molecule has 1 aromatic heterocycles. The van der Waals surface area contributed by atoms with Gasteiger partial charge in [-0.1, -0.05) is 12.1 Å². The highest BCUT2D eigenvalue weighted by Crippen LogP contribution is 2.28. The molecule has 0 aliphatic carbocycles. The molecule has 1 aliphatic heterocycles. The van der Waals surface area contributed by atoms with Crippen LogP contribution in [0.1, 0.15) is 24.9 Å². The van der Waals surface area contributed by atoms with Crippen molar-refractivity contribution >= 4 is 0 Å². The van der Waals surface area contributed by atoms with E-state index in [1.807, 2.05) is 25.1 Å². The van der Waals surface area contributed by atoms with Crippen LogP contribution in [-0.2, 0) is 0 Å². The minimum Gasteiger partial charge on any atom is -0.473 e. The second-order valence-corrected chi connectivity index (χ2v) is 5.53. The molecule has 3 rings (SSSR count). The molecule has 3 nitrogen and oxygen atoms in total. The average Bonchev–Trinajstić information content (AvgIpc) is 2.96. The van der Waals surface area contributed by atoms with Crippen LogP contribution < -0.4 is 4.74 Å². The molecule has 2 atom stereocenters. The van der Waals surface area contributed by atoms with Gasteiger partial charge in [0.1, 0.15) is 17.7 Å². The van der Waals surface area contributed by atoms with Crippen LogP contribution in [0, 0.1) is 11.6 Å². The highest BCUT2D eigenvalue weighted by atomic mass is 19.1. The van der Waals surface area contributed by atoms with Crippen molar-refractivity contribution in [1.82, 2.24) is 9.88 Å². The summed E-state index contributed by atoms with van der Waals surface area (Å²) in [5.41, 5.74) is 0.514. The van der Waals surface area contributed by atoms with Crippen molar-refractivity contribution in [3.63, 3.8) is 0 Å². The number of hydrogen-bond acceptors (Lipinski definition) is 3. The normalized spacial score (nSPS) is 20.0. The van der Waals surface area contributed by atoms with Crippen LogP contribution in [0.2, 0.25) is 0 Å². The molecule has 22 heavy (non-hydrogen) atoms. The standard InChI is InChI=1S/C17H18F2N2O/c1-12(15-6-5-13(18)10-16(15)19)21-9-7-14(11-21)22-17-4-2-3-8-20-17/h2-6,8,10,12,14H,7,9,11H2,1H3/t12-,14+/m1/s1. The van der Waals surface area contributed by atoms with Gasteiger partial charge in [-0.15, -0.1) is 0 Å². The van der Waals surface area contributed by atoms with Crippen LogP contribution >= 0.6 is 0 Å². The minimum absolute atomic E-state index is 0.0425. The van der Waals surface area contributed by atoms with Crippen LogP contribution in [0.3, 0.4) is 0 Å². The van der Waals surface area contributed by atoms with Gasteiger partial charge in [0.2, 0.25) is 5.88 Å². The van der Waals surface area contributed by atoms with Crippen LogP contribution in [-0.4, -0.2) is 29.1 Å². The predicted octanol–water partition coefficient (Wildman–Crippen LogP) is 3.57. The van der Waals surface area contributed by atoms with Crippen molar-refractivity contribution in [2.45, 2.75) is 25.5 Å². The molecular weight excluding hydrogens is 286 g/mol. The number of aromatic nitrogens is 1. The van der Waals surface area contributed by atoms with E-state index in [1.54, 1.807) is 6.20 Å². The molecule has 1 aliphatic rings. The first-order valence-electron chi connectivity index (χ1n) is 7.40. The largest absolute Gasteiger partial charge is 0.473 e. The Bertz CT molecular complexity index is 636. The lowest BCUT2D eigenvalue weighted by molar-refractivity contribution is 0.176. The molecular formula is C17H18F2N2O. The van der Waals surface area contributed by atoms with Gasteiger partial charge in [-0.3, -0.25) is 4.90 Å². The summed E-state index contributed by atoms with van der Waals surface area (Å²) in [5.74, 6) is -0.442. The highest BCUT2D eigenvalue weighted by Gasteiger charge is 2.29. The van der Waals surface area contributed by atoms with E-state index in [4.69, 9.17) is 4.74 Å². The summed E-state index contributed by atoms with van der Waals surface area (Å²) in [6.07, 6.45) is 2.60. The average molecular weight is 304 g/mol. The summed E-state index contributed by atoms with van der Waals surface area (Å²) >= 11 is 0. The van der Waals surface area contributed by atoms with E-state index in [-0.39, 0.29) is 12.1 Å². The first-order valence-corrected chi connectivity index (χ1v) is 7.40. The summed E-state index contributed by atoms with van der Waals surface area (Å²) in [6.45, 7) is 3.45. The Kier molecular flexibility index (Phi) is 4.34. The third-order valence-electron chi connectivity index (χ3n) is 4.06. The zero-order valence-electron chi connectivity index (χ0n) is 12.4. The number of pyridine rings is 1. The van der Waals surface area contributed by atoms with Crippen molar-refractivity contribution in [3.05, 3.63) is 59.8 Å². The van der Waals surface area contributed by atoms with E-state index in [9.17, 15) is 8.78 Å². The molecule has 0 amide bonds. The van der Waals surface area contributed by atoms with Crippen LogP contribution in [0.25, 0.3) is 0 Å². The summed E-state index contributed by atoms with van der Waals surface area (Å²) < 4.78 is 32.7. The van der Waals surface area contributed by atoms with E-state index >= 15 is 0 Å². The molecule has 0 spiro atoms. The monoisotopic (exact) mass is 304 g/mol. The number of ether oxygens (including phenoxy) is 1. The maximum Gasteiger partial charge on any atom is 0.213 e. The van der Waals surface area contributed by atoms with Crippen LogP contribution in [0.4, 0.5) is 8.78 Å². The molecule has 116 valence electrons. The summed E-state index contributed by atoms with van der Waals surface area (Å²) in [5, 5.41) is 0. The van der Waals surface area contributed by atoms with E-state index in [1.165, 1.54) is 12.1 Å². The van der Waals surface area contributed by atoms with Crippen LogP contribution in [0.15, 0.2) is 42.6 Å². The fourth-order valence-electron chi connectivity index (χ4n) is 2.83. The Labute approximate surface area is 128 Å². The van der Waals surface area contributed by atoms with Gasteiger partial charge >= 0.3 is 0 Å². The number of rotatable bonds is 4. The Morgan fingerprint density at radius 2 is 2.14 bits per heavy atom. The van der Waals surface area contributed by atoms with Crippen molar-refractivity contribution < 1.29 is 13.5 Å². The third-order valence-corrected chi connectivity index (χ3v) is 4.06. The van der Waals surface area contributed by atoms with Gasteiger partial charge in [0.15, 0.2) is 0 Å². The maximum atomic E-state index is 13.9. The van der Waals surface area contributed by atoms with Gasteiger partial charge in [0, 0.05) is 43.0 Å². The number of benzene rings is 1. The summed E-state index contributed by atoms with van der Waals surface area (Å²) in [4.78, 5) is 6.29. The van der Waals surface area contributed by atoms with Crippen LogP contribution in [0.5, 0.6) is 5.88 Å². The van der Waals surface area contributed by atoms with E-state index in [0.717, 1.165) is 19.0 Å².